The van der Waals surface area contributed by atoms with E-state index in [1.807, 2.05) is 6.07 Å². The SMILES string of the molecule is COC(=O)[C@@H](C)Oc1ccc2c(c1)O/C(=C\c1cccc(Cl)c1)C2=O. The molecule has 2 aromatic carbocycles. The van der Waals surface area contributed by atoms with Crippen LogP contribution in [0.15, 0.2) is 48.2 Å². The molecule has 0 amide bonds. The van der Waals surface area contributed by atoms with Crippen molar-refractivity contribution < 1.29 is 23.8 Å². The highest BCUT2D eigenvalue weighted by Gasteiger charge is 2.28. The quantitative estimate of drug-likeness (QED) is 0.612. The van der Waals surface area contributed by atoms with Crippen molar-refractivity contribution >= 4 is 29.4 Å². The summed E-state index contributed by atoms with van der Waals surface area (Å²) in [5.74, 6) is 0.290. The molecule has 0 saturated heterocycles. The fourth-order valence-corrected chi connectivity index (χ4v) is 2.61. The van der Waals surface area contributed by atoms with Gasteiger partial charge in [0.15, 0.2) is 11.9 Å². The third kappa shape index (κ3) is 3.67. The normalized spacial score (nSPS) is 15.5. The molecule has 128 valence electrons. The lowest BCUT2D eigenvalue weighted by atomic mass is 10.1. The smallest absolute Gasteiger partial charge is 0.346 e. The summed E-state index contributed by atoms with van der Waals surface area (Å²) in [6.07, 6.45) is 0.868. The average molecular weight is 359 g/mol. The van der Waals surface area contributed by atoms with Gasteiger partial charge in [-0.05, 0) is 42.8 Å². The second-order valence-corrected chi connectivity index (χ2v) is 5.87. The van der Waals surface area contributed by atoms with Gasteiger partial charge in [0, 0.05) is 11.1 Å². The number of halogens is 1. The molecule has 0 N–H and O–H groups in total. The fraction of sp³-hybridized carbons (Fsp3) is 0.158. The van der Waals surface area contributed by atoms with Crippen molar-refractivity contribution in [2.24, 2.45) is 0 Å². The molecule has 3 rings (SSSR count). The van der Waals surface area contributed by atoms with Crippen molar-refractivity contribution in [2.45, 2.75) is 13.0 Å². The lowest BCUT2D eigenvalue weighted by Crippen LogP contribution is -2.24. The Morgan fingerprint density at radius 1 is 1.24 bits per heavy atom. The summed E-state index contributed by atoms with van der Waals surface area (Å²) < 4.78 is 15.8. The summed E-state index contributed by atoms with van der Waals surface area (Å²) in [5, 5.41) is 0.574. The van der Waals surface area contributed by atoms with Gasteiger partial charge in [-0.2, -0.15) is 0 Å². The van der Waals surface area contributed by atoms with Crippen LogP contribution in [0.25, 0.3) is 6.08 Å². The lowest BCUT2D eigenvalue weighted by molar-refractivity contribution is -0.147. The zero-order chi connectivity index (χ0) is 18.0. The zero-order valence-corrected chi connectivity index (χ0v) is 14.4. The molecule has 0 unspecified atom stereocenters. The highest BCUT2D eigenvalue weighted by Crippen LogP contribution is 2.35. The Kier molecular flexibility index (Phi) is 4.76. The van der Waals surface area contributed by atoms with E-state index in [0.717, 1.165) is 5.56 Å². The number of benzene rings is 2. The lowest BCUT2D eigenvalue weighted by Gasteiger charge is -2.12. The molecule has 1 aliphatic heterocycles. The molecule has 2 aromatic rings. The van der Waals surface area contributed by atoms with E-state index < -0.39 is 12.1 Å². The molecular weight excluding hydrogens is 344 g/mol. The van der Waals surface area contributed by atoms with E-state index in [1.54, 1.807) is 49.4 Å². The van der Waals surface area contributed by atoms with Crippen molar-refractivity contribution in [3.05, 3.63) is 64.4 Å². The van der Waals surface area contributed by atoms with Gasteiger partial charge < -0.3 is 14.2 Å². The predicted octanol–water partition coefficient (Wildman–Crippen LogP) is 3.90. The van der Waals surface area contributed by atoms with Gasteiger partial charge in [-0.3, -0.25) is 4.79 Å². The van der Waals surface area contributed by atoms with Crippen molar-refractivity contribution in [2.75, 3.05) is 7.11 Å². The molecule has 5 nitrogen and oxygen atoms in total. The number of esters is 1. The van der Waals surface area contributed by atoms with Crippen molar-refractivity contribution in [3.63, 3.8) is 0 Å². The number of allylic oxidation sites excluding steroid dienone is 1. The van der Waals surface area contributed by atoms with Crippen LogP contribution in [0.1, 0.15) is 22.8 Å². The van der Waals surface area contributed by atoms with Gasteiger partial charge in [0.25, 0.3) is 0 Å². The second-order valence-electron chi connectivity index (χ2n) is 5.44. The van der Waals surface area contributed by atoms with Gasteiger partial charge in [-0.1, -0.05) is 23.7 Å². The van der Waals surface area contributed by atoms with Crippen LogP contribution in [0, 0.1) is 0 Å². The van der Waals surface area contributed by atoms with Crippen LogP contribution in [-0.4, -0.2) is 25.0 Å². The summed E-state index contributed by atoms with van der Waals surface area (Å²) in [5.41, 5.74) is 1.20. The van der Waals surface area contributed by atoms with Crippen molar-refractivity contribution in [1.29, 1.82) is 0 Å². The molecule has 6 heteroatoms. The maximum Gasteiger partial charge on any atom is 0.346 e. The summed E-state index contributed by atoms with van der Waals surface area (Å²) in [7, 11) is 1.29. The molecule has 25 heavy (non-hydrogen) atoms. The third-order valence-corrected chi connectivity index (χ3v) is 3.87. The van der Waals surface area contributed by atoms with Gasteiger partial charge in [-0.15, -0.1) is 0 Å². The number of carbonyl (C=O) groups excluding carboxylic acids is 2. The Hall–Kier alpha value is -2.79. The van der Waals surface area contributed by atoms with E-state index in [9.17, 15) is 9.59 Å². The van der Waals surface area contributed by atoms with Gasteiger partial charge in [-0.25, -0.2) is 4.79 Å². The first-order valence-corrected chi connectivity index (χ1v) is 7.94. The van der Waals surface area contributed by atoms with Crippen LogP contribution >= 0.6 is 11.6 Å². The number of hydrogen-bond acceptors (Lipinski definition) is 5. The molecule has 0 spiro atoms. The molecule has 0 radical (unpaired) electrons. The summed E-state index contributed by atoms with van der Waals surface area (Å²) in [6.45, 7) is 1.58. The van der Waals surface area contributed by atoms with Gasteiger partial charge in [0.1, 0.15) is 11.5 Å². The molecular formula is C19H15ClO5. The van der Waals surface area contributed by atoms with Crippen LogP contribution in [0.4, 0.5) is 0 Å². The standard InChI is InChI=1S/C19H15ClO5/c1-11(19(22)23-2)24-14-6-7-15-16(10-14)25-17(18(15)21)9-12-4-3-5-13(20)8-12/h3-11H,1-2H3/b17-9-/t11-/m1/s1. The maximum atomic E-state index is 12.4. The second kappa shape index (κ2) is 6.99. The molecule has 1 heterocycles. The van der Waals surface area contributed by atoms with E-state index in [2.05, 4.69) is 4.74 Å². The van der Waals surface area contributed by atoms with E-state index in [1.165, 1.54) is 7.11 Å². The van der Waals surface area contributed by atoms with Crippen LogP contribution in [0.3, 0.4) is 0 Å². The van der Waals surface area contributed by atoms with E-state index in [0.29, 0.717) is 22.1 Å². The average Bonchev–Trinajstić information content (AvgIpc) is 2.89. The number of hydrogen-bond donors (Lipinski definition) is 0. The first-order valence-electron chi connectivity index (χ1n) is 7.56. The zero-order valence-electron chi connectivity index (χ0n) is 13.6. The highest BCUT2D eigenvalue weighted by molar-refractivity contribution is 6.30. The van der Waals surface area contributed by atoms with Crippen LogP contribution in [0.5, 0.6) is 11.5 Å². The molecule has 1 aliphatic rings. The molecule has 0 saturated carbocycles. The highest BCUT2D eigenvalue weighted by atomic mass is 35.5. The number of rotatable bonds is 4. The first-order chi connectivity index (χ1) is 12.0. The number of ketones is 1. The van der Waals surface area contributed by atoms with Crippen molar-refractivity contribution in [3.8, 4) is 11.5 Å². The molecule has 0 aliphatic carbocycles. The summed E-state index contributed by atoms with van der Waals surface area (Å²) in [4.78, 5) is 23.9. The Morgan fingerprint density at radius 2 is 2.04 bits per heavy atom. The van der Waals surface area contributed by atoms with E-state index in [4.69, 9.17) is 21.1 Å². The predicted molar refractivity (Wildman–Crippen MR) is 92.9 cm³/mol. The minimum atomic E-state index is -0.762. The number of methoxy groups -OCH3 is 1. The Labute approximate surface area is 149 Å². The Morgan fingerprint density at radius 3 is 2.76 bits per heavy atom. The van der Waals surface area contributed by atoms with Gasteiger partial charge in [0.2, 0.25) is 5.78 Å². The third-order valence-electron chi connectivity index (χ3n) is 3.63. The topological polar surface area (TPSA) is 61.8 Å². The fourth-order valence-electron chi connectivity index (χ4n) is 2.41. The minimum Gasteiger partial charge on any atom is -0.479 e. The Bertz CT molecular complexity index is 872. The van der Waals surface area contributed by atoms with E-state index in [-0.39, 0.29) is 11.5 Å². The largest absolute Gasteiger partial charge is 0.479 e. The Balaban J connectivity index is 1.83. The number of ether oxygens (including phenoxy) is 3. The number of carbonyl (C=O) groups is 2. The molecule has 1 atom stereocenters. The first kappa shape index (κ1) is 17.0. The minimum absolute atomic E-state index is 0.204. The number of fused-ring (bicyclic) bond motifs is 1. The number of Topliss-reactive ketones (excluding diaryl/α,β-unsaturated/α-hetero) is 1. The van der Waals surface area contributed by atoms with Crippen molar-refractivity contribution in [1.82, 2.24) is 0 Å². The van der Waals surface area contributed by atoms with Crippen LogP contribution in [-0.2, 0) is 9.53 Å². The maximum absolute atomic E-state index is 12.4. The molecule has 0 bridgehead atoms. The molecule has 0 aromatic heterocycles. The monoisotopic (exact) mass is 358 g/mol. The van der Waals surface area contributed by atoms with Gasteiger partial charge >= 0.3 is 5.97 Å². The van der Waals surface area contributed by atoms with Crippen LogP contribution in [0.2, 0.25) is 5.02 Å². The summed E-state index contributed by atoms with van der Waals surface area (Å²) >= 11 is 5.95. The molecule has 0 fully saturated rings. The van der Waals surface area contributed by atoms with Gasteiger partial charge in [0.05, 0.1) is 12.7 Å². The van der Waals surface area contributed by atoms with Crippen LogP contribution < -0.4 is 9.47 Å². The van der Waals surface area contributed by atoms with E-state index >= 15 is 0 Å². The summed E-state index contributed by atoms with van der Waals surface area (Å²) in [6, 6.07) is 11.9.